The zero-order valence-corrected chi connectivity index (χ0v) is 20.9. The number of benzene rings is 3. The Morgan fingerprint density at radius 1 is 0.946 bits per heavy atom. The number of carbonyl (C=O) groups excluding carboxylic acids is 2. The van der Waals surface area contributed by atoms with Crippen molar-refractivity contribution in [2.24, 2.45) is 0 Å². The average molecular weight is 500 g/mol. The highest BCUT2D eigenvalue weighted by molar-refractivity contribution is 6.06. The maximum Gasteiger partial charge on any atom is 0.255 e. The smallest absolute Gasteiger partial charge is 0.255 e. The number of nitrogens with one attached hydrogen (secondary N) is 1. The van der Waals surface area contributed by atoms with Crippen LogP contribution in [0.3, 0.4) is 0 Å². The summed E-state index contributed by atoms with van der Waals surface area (Å²) in [7, 11) is 2.12. The number of hydrogen-bond acceptors (Lipinski definition) is 5. The van der Waals surface area contributed by atoms with E-state index in [0.717, 1.165) is 43.0 Å². The second kappa shape index (κ2) is 9.52. The molecule has 0 spiro atoms. The quantitative estimate of drug-likeness (QED) is 0.595. The van der Waals surface area contributed by atoms with Crippen LogP contribution >= 0.6 is 0 Å². The normalized spacial score (nSPS) is 19.9. The monoisotopic (exact) mass is 499 g/mol. The topological polar surface area (TPSA) is 59.1 Å². The van der Waals surface area contributed by atoms with Gasteiger partial charge in [-0.2, -0.15) is 0 Å². The van der Waals surface area contributed by atoms with E-state index in [4.69, 9.17) is 0 Å². The lowest BCUT2D eigenvalue weighted by Crippen LogP contribution is -2.50. The summed E-state index contributed by atoms with van der Waals surface area (Å²) >= 11 is 0. The minimum Gasteiger partial charge on any atom is -0.381 e. The van der Waals surface area contributed by atoms with Crippen LogP contribution in [0.15, 0.2) is 66.7 Å². The number of fused-ring (bicyclic) bond motifs is 2. The molecule has 190 valence electrons. The highest BCUT2D eigenvalue weighted by Crippen LogP contribution is 2.35. The van der Waals surface area contributed by atoms with Crippen molar-refractivity contribution in [2.75, 3.05) is 54.9 Å². The standard InChI is InChI=1S/C29H30FN5O2/c1-32-11-13-33(14-12-32)23-9-7-21-19-35(28(36)24(21)16-23)27-17-31-25-10-8-22(30)15-26(25)34(29(27)37)18-20-5-3-2-4-6-20/h2-10,15-16,27,31H,11-14,17-19H2,1H3. The molecule has 8 heteroatoms. The van der Waals surface area contributed by atoms with Crippen LogP contribution < -0.4 is 15.1 Å². The van der Waals surface area contributed by atoms with Crippen molar-refractivity contribution >= 4 is 28.9 Å². The van der Waals surface area contributed by atoms with E-state index in [-0.39, 0.29) is 24.9 Å². The van der Waals surface area contributed by atoms with E-state index >= 15 is 0 Å². The molecule has 0 bridgehead atoms. The lowest BCUT2D eigenvalue weighted by Gasteiger charge is -2.34. The molecule has 3 aliphatic rings. The fourth-order valence-corrected chi connectivity index (χ4v) is 5.47. The van der Waals surface area contributed by atoms with E-state index in [1.807, 2.05) is 42.5 Å². The van der Waals surface area contributed by atoms with E-state index in [0.29, 0.717) is 23.5 Å². The lowest BCUT2D eigenvalue weighted by molar-refractivity contribution is -0.122. The first-order valence-electron chi connectivity index (χ1n) is 12.7. The van der Waals surface area contributed by atoms with Gasteiger partial charge in [0, 0.05) is 50.5 Å². The molecule has 6 rings (SSSR count). The van der Waals surface area contributed by atoms with Gasteiger partial charge in [0.25, 0.3) is 11.8 Å². The van der Waals surface area contributed by atoms with Crippen molar-refractivity contribution in [2.45, 2.75) is 19.1 Å². The molecule has 0 aromatic heterocycles. The van der Waals surface area contributed by atoms with Crippen LogP contribution in [-0.4, -0.2) is 67.4 Å². The Kier molecular flexibility index (Phi) is 6.04. The fraction of sp³-hybridized carbons (Fsp3) is 0.310. The molecule has 3 aromatic carbocycles. The van der Waals surface area contributed by atoms with Crippen molar-refractivity contribution in [3.05, 3.63) is 89.2 Å². The number of nitrogens with zero attached hydrogens (tertiary/aromatic N) is 4. The van der Waals surface area contributed by atoms with Crippen molar-refractivity contribution in [3.63, 3.8) is 0 Å². The van der Waals surface area contributed by atoms with Gasteiger partial charge in [-0.15, -0.1) is 0 Å². The second-order valence-corrected chi connectivity index (χ2v) is 10.0. The number of piperazine rings is 1. The molecule has 1 fully saturated rings. The van der Waals surface area contributed by atoms with E-state index in [1.54, 1.807) is 15.9 Å². The predicted molar refractivity (Wildman–Crippen MR) is 142 cm³/mol. The van der Waals surface area contributed by atoms with Crippen LogP contribution in [0.4, 0.5) is 21.5 Å². The van der Waals surface area contributed by atoms with E-state index in [2.05, 4.69) is 28.2 Å². The Hall–Kier alpha value is -3.91. The highest BCUT2D eigenvalue weighted by atomic mass is 19.1. The number of rotatable bonds is 4. The largest absolute Gasteiger partial charge is 0.381 e. The Morgan fingerprint density at radius 3 is 2.51 bits per heavy atom. The molecule has 0 radical (unpaired) electrons. The Labute approximate surface area is 216 Å². The number of amides is 2. The highest BCUT2D eigenvalue weighted by Gasteiger charge is 2.40. The molecule has 1 saturated heterocycles. The summed E-state index contributed by atoms with van der Waals surface area (Å²) in [5.74, 6) is -0.768. The molecule has 1 atom stereocenters. The molecule has 1 N–H and O–H groups in total. The summed E-state index contributed by atoms with van der Waals surface area (Å²) in [5, 5.41) is 3.30. The minimum absolute atomic E-state index is 0.136. The molecular formula is C29H30FN5O2. The first-order chi connectivity index (χ1) is 18.0. The summed E-state index contributed by atoms with van der Waals surface area (Å²) < 4.78 is 14.3. The van der Waals surface area contributed by atoms with Crippen LogP contribution in [0.1, 0.15) is 21.5 Å². The van der Waals surface area contributed by atoms with E-state index < -0.39 is 11.9 Å². The molecule has 3 aromatic rings. The molecule has 0 saturated carbocycles. The first kappa shape index (κ1) is 23.5. The van der Waals surface area contributed by atoms with Crippen LogP contribution in [0, 0.1) is 5.82 Å². The fourth-order valence-electron chi connectivity index (χ4n) is 5.47. The maximum atomic E-state index is 14.3. The van der Waals surface area contributed by atoms with Gasteiger partial charge in [0.2, 0.25) is 0 Å². The van der Waals surface area contributed by atoms with Crippen LogP contribution in [0.25, 0.3) is 0 Å². The van der Waals surface area contributed by atoms with Crippen LogP contribution in [0.5, 0.6) is 0 Å². The van der Waals surface area contributed by atoms with Crippen molar-refractivity contribution in [3.8, 4) is 0 Å². The third kappa shape index (κ3) is 4.42. The molecule has 2 amide bonds. The van der Waals surface area contributed by atoms with Crippen molar-refractivity contribution in [1.29, 1.82) is 0 Å². The lowest BCUT2D eigenvalue weighted by atomic mass is 10.1. The number of carbonyl (C=O) groups is 2. The number of hydrogen-bond donors (Lipinski definition) is 1. The van der Waals surface area contributed by atoms with E-state index in [1.165, 1.54) is 12.1 Å². The third-order valence-corrected chi connectivity index (χ3v) is 7.64. The zero-order chi connectivity index (χ0) is 25.5. The maximum absolute atomic E-state index is 14.3. The SMILES string of the molecule is CN1CCN(c2ccc3c(c2)C(=O)N(C2CNc4ccc(F)cc4N(Cc4ccccc4)C2=O)C3)CC1. The molecule has 7 nitrogen and oxygen atoms in total. The predicted octanol–water partition coefficient (Wildman–Crippen LogP) is 3.56. The summed E-state index contributed by atoms with van der Waals surface area (Å²) in [5.41, 5.74) is 4.72. The van der Waals surface area contributed by atoms with Gasteiger partial charge in [-0.05, 0) is 48.5 Å². The second-order valence-electron chi connectivity index (χ2n) is 10.0. The molecular weight excluding hydrogens is 469 g/mol. The van der Waals surface area contributed by atoms with Gasteiger partial charge in [0.15, 0.2) is 0 Å². The minimum atomic E-state index is -0.717. The van der Waals surface area contributed by atoms with Gasteiger partial charge in [-0.25, -0.2) is 4.39 Å². The van der Waals surface area contributed by atoms with Gasteiger partial charge < -0.3 is 24.9 Å². The molecule has 37 heavy (non-hydrogen) atoms. The summed E-state index contributed by atoms with van der Waals surface area (Å²) in [6.45, 7) is 4.72. The molecule has 0 aliphatic carbocycles. The van der Waals surface area contributed by atoms with Gasteiger partial charge in [-0.3, -0.25) is 9.59 Å². The number of anilines is 3. The van der Waals surface area contributed by atoms with Gasteiger partial charge in [0.1, 0.15) is 11.9 Å². The summed E-state index contributed by atoms with van der Waals surface area (Å²) in [6.07, 6.45) is 0. The third-order valence-electron chi connectivity index (χ3n) is 7.64. The number of likely N-dealkylation sites (N-methyl/N-ethyl adjacent to an activating group) is 1. The Bertz CT molecular complexity index is 1340. The molecule has 3 heterocycles. The van der Waals surface area contributed by atoms with Crippen molar-refractivity contribution < 1.29 is 14.0 Å². The molecule has 1 unspecified atom stereocenters. The van der Waals surface area contributed by atoms with Gasteiger partial charge in [0.05, 0.1) is 17.9 Å². The molecule has 3 aliphatic heterocycles. The van der Waals surface area contributed by atoms with E-state index in [9.17, 15) is 14.0 Å². The summed E-state index contributed by atoms with van der Waals surface area (Å²) in [6, 6.07) is 19.4. The van der Waals surface area contributed by atoms with Gasteiger partial charge in [-0.1, -0.05) is 36.4 Å². The summed E-state index contributed by atoms with van der Waals surface area (Å²) in [4.78, 5) is 35.6. The average Bonchev–Trinajstić information content (AvgIpc) is 3.17. The first-order valence-corrected chi connectivity index (χ1v) is 12.7. The Balaban J connectivity index is 1.29. The van der Waals surface area contributed by atoms with Crippen LogP contribution in [-0.2, 0) is 17.9 Å². The Morgan fingerprint density at radius 2 is 1.73 bits per heavy atom. The number of halogens is 1. The van der Waals surface area contributed by atoms with Crippen molar-refractivity contribution in [1.82, 2.24) is 9.80 Å². The van der Waals surface area contributed by atoms with Gasteiger partial charge >= 0.3 is 0 Å². The zero-order valence-electron chi connectivity index (χ0n) is 20.9. The van der Waals surface area contributed by atoms with Crippen LogP contribution in [0.2, 0.25) is 0 Å².